The fourth-order valence-corrected chi connectivity index (χ4v) is 4.11. The van der Waals surface area contributed by atoms with Crippen LogP contribution in [0.15, 0.2) is 66.7 Å². The molecule has 0 aliphatic heterocycles. The first-order valence-electron chi connectivity index (χ1n) is 11.0. The molecule has 3 aromatic carbocycles. The van der Waals surface area contributed by atoms with E-state index in [1.807, 2.05) is 38.1 Å². The number of benzene rings is 3. The van der Waals surface area contributed by atoms with Gasteiger partial charge in [-0.25, -0.2) is 0 Å². The smallest absolute Gasteiger partial charge is 0.203 e. The average Bonchev–Trinajstić information content (AvgIpc) is 2.86. The molecule has 5 heteroatoms. The molecule has 0 fully saturated rings. The quantitative estimate of drug-likeness (QED) is 0.238. The van der Waals surface area contributed by atoms with E-state index in [2.05, 4.69) is 24.3 Å². The van der Waals surface area contributed by atoms with E-state index in [0.717, 1.165) is 33.2 Å². The van der Waals surface area contributed by atoms with Gasteiger partial charge in [-0.1, -0.05) is 54.1 Å². The van der Waals surface area contributed by atoms with E-state index in [1.54, 1.807) is 45.6 Å². The molecule has 5 nitrogen and oxygen atoms in total. The van der Waals surface area contributed by atoms with Gasteiger partial charge in [-0.05, 0) is 49.2 Å². The zero-order chi connectivity index (χ0) is 24.2. The highest BCUT2D eigenvalue weighted by Gasteiger charge is 2.19. The van der Waals surface area contributed by atoms with Crippen LogP contribution < -0.4 is 14.2 Å². The van der Waals surface area contributed by atoms with Crippen molar-refractivity contribution < 1.29 is 19.0 Å². The fourth-order valence-electron chi connectivity index (χ4n) is 4.11. The Hall–Kier alpha value is -4.12. The Morgan fingerprint density at radius 2 is 1.50 bits per heavy atom. The van der Waals surface area contributed by atoms with Gasteiger partial charge in [0.15, 0.2) is 17.3 Å². The molecule has 1 heterocycles. The van der Waals surface area contributed by atoms with Crippen molar-refractivity contribution in [2.45, 2.75) is 13.8 Å². The molecule has 0 atom stereocenters. The van der Waals surface area contributed by atoms with Gasteiger partial charge in [0.05, 0.1) is 32.4 Å². The van der Waals surface area contributed by atoms with Gasteiger partial charge in [0.25, 0.3) is 0 Å². The summed E-state index contributed by atoms with van der Waals surface area (Å²) in [5.41, 5.74) is 5.93. The number of hydrogen-bond donors (Lipinski definition) is 0. The lowest BCUT2D eigenvalue weighted by molar-refractivity contribution is 0.104. The monoisotopic (exact) mass is 453 g/mol. The van der Waals surface area contributed by atoms with Crippen LogP contribution in [-0.4, -0.2) is 32.1 Å². The predicted molar refractivity (Wildman–Crippen MR) is 136 cm³/mol. The Balaban J connectivity index is 1.84. The van der Waals surface area contributed by atoms with Crippen molar-refractivity contribution in [1.29, 1.82) is 0 Å². The van der Waals surface area contributed by atoms with Crippen LogP contribution in [0.25, 0.3) is 28.1 Å². The molecule has 4 rings (SSSR count). The Morgan fingerprint density at radius 3 is 2.12 bits per heavy atom. The molecule has 0 aliphatic carbocycles. The molecule has 0 bridgehead atoms. The summed E-state index contributed by atoms with van der Waals surface area (Å²) in [6.45, 7) is 3.93. The number of allylic oxidation sites excluding steroid dienone is 1. The second-order valence-corrected chi connectivity index (χ2v) is 7.99. The van der Waals surface area contributed by atoms with Gasteiger partial charge >= 0.3 is 0 Å². The third-order valence-electron chi connectivity index (χ3n) is 5.77. The number of aromatic nitrogens is 1. The maximum absolute atomic E-state index is 13.6. The molecule has 0 aliphatic rings. The van der Waals surface area contributed by atoms with Gasteiger partial charge in [0.2, 0.25) is 5.75 Å². The Labute approximate surface area is 199 Å². The molecule has 0 spiro atoms. The molecule has 0 radical (unpaired) electrons. The van der Waals surface area contributed by atoms with Crippen LogP contribution >= 0.6 is 0 Å². The highest BCUT2D eigenvalue weighted by Crippen LogP contribution is 2.39. The van der Waals surface area contributed by atoms with Crippen LogP contribution in [-0.2, 0) is 0 Å². The molecular formula is C29H27NO4. The third-order valence-corrected chi connectivity index (χ3v) is 5.77. The minimum absolute atomic E-state index is 0.125. The number of aryl methyl sites for hydroxylation is 2. The van der Waals surface area contributed by atoms with Crippen molar-refractivity contribution in [1.82, 2.24) is 4.98 Å². The molecule has 34 heavy (non-hydrogen) atoms. The van der Waals surface area contributed by atoms with E-state index < -0.39 is 0 Å². The van der Waals surface area contributed by atoms with Crippen LogP contribution in [0, 0.1) is 13.8 Å². The summed E-state index contributed by atoms with van der Waals surface area (Å²) < 4.78 is 16.3. The van der Waals surface area contributed by atoms with E-state index in [1.165, 1.54) is 0 Å². The minimum Gasteiger partial charge on any atom is -0.493 e. The molecule has 0 unspecified atom stereocenters. The number of ketones is 1. The lowest BCUT2D eigenvalue weighted by atomic mass is 9.91. The number of nitrogens with zero attached hydrogens (tertiary/aromatic N) is 1. The average molecular weight is 454 g/mol. The van der Waals surface area contributed by atoms with E-state index >= 15 is 0 Å². The maximum atomic E-state index is 13.6. The Morgan fingerprint density at radius 1 is 0.853 bits per heavy atom. The van der Waals surface area contributed by atoms with Crippen LogP contribution in [0.5, 0.6) is 17.2 Å². The van der Waals surface area contributed by atoms with Crippen LogP contribution in [0.2, 0.25) is 0 Å². The SMILES string of the molecule is COc1cc(C=CC(=O)c2c(C)nc3ccccc3c2-c2ccc(C)cc2)cc(OC)c1OC. The van der Waals surface area contributed by atoms with Crippen molar-refractivity contribution in [2.24, 2.45) is 0 Å². The lowest BCUT2D eigenvalue weighted by Gasteiger charge is -2.15. The molecule has 0 N–H and O–H groups in total. The van der Waals surface area contributed by atoms with Gasteiger partial charge in [0.1, 0.15) is 0 Å². The van der Waals surface area contributed by atoms with E-state index in [4.69, 9.17) is 19.2 Å². The molecule has 0 saturated carbocycles. The first kappa shape index (κ1) is 23.1. The number of pyridine rings is 1. The third kappa shape index (κ3) is 4.37. The summed E-state index contributed by atoms with van der Waals surface area (Å²) in [6.07, 6.45) is 3.32. The summed E-state index contributed by atoms with van der Waals surface area (Å²) in [5.74, 6) is 1.43. The summed E-state index contributed by atoms with van der Waals surface area (Å²) in [5, 5.41) is 0.946. The van der Waals surface area contributed by atoms with Gasteiger partial charge in [0, 0.05) is 16.6 Å². The molecule has 0 amide bonds. The number of carbonyl (C=O) groups excluding carboxylic acids is 1. The second kappa shape index (κ2) is 9.79. The number of para-hydroxylation sites is 1. The minimum atomic E-state index is -0.125. The topological polar surface area (TPSA) is 57.7 Å². The van der Waals surface area contributed by atoms with Gasteiger partial charge in [-0.2, -0.15) is 0 Å². The van der Waals surface area contributed by atoms with E-state index in [9.17, 15) is 4.79 Å². The first-order chi connectivity index (χ1) is 16.5. The predicted octanol–water partition coefficient (Wildman–Crippen LogP) is 6.44. The summed E-state index contributed by atoms with van der Waals surface area (Å²) in [6, 6.07) is 19.7. The Bertz CT molecular complexity index is 1360. The lowest BCUT2D eigenvalue weighted by Crippen LogP contribution is -2.05. The number of ether oxygens (including phenoxy) is 3. The van der Waals surface area contributed by atoms with Crippen LogP contribution in [0.1, 0.15) is 27.2 Å². The number of rotatable bonds is 7. The maximum Gasteiger partial charge on any atom is 0.203 e. The summed E-state index contributed by atoms with van der Waals surface area (Å²) in [4.78, 5) is 18.3. The van der Waals surface area contributed by atoms with Crippen molar-refractivity contribution in [3.05, 3.63) is 89.1 Å². The standard InChI is InChI=1S/C29H27NO4/c1-18-10-13-21(14-11-18)28-22-8-6-7-9-23(22)30-19(2)27(28)24(31)15-12-20-16-25(32-3)29(34-5)26(17-20)33-4/h6-17H,1-5H3. The first-order valence-corrected chi connectivity index (χ1v) is 11.0. The molecule has 0 saturated heterocycles. The van der Waals surface area contributed by atoms with Crippen molar-refractivity contribution >= 4 is 22.8 Å². The van der Waals surface area contributed by atoms with E-state index in [0.29, 0.717) is 28.5 Å². The van der Waals surface area contributed by atoms with Crippen LogP contribution in [0.3, 0.4) is 0 Å². The van der Waals surface area contributed by atoms with Gasteiger partial charge in [-0.15, -0.1) is 0 Å². The van der Waals surface area contributed by atoms with Gasteiger partial charge < -0.3 is 14.2 Å². The van der Waals surface area contributed by atoms with E-state index in [-0.39, 0.29) is 5.78 Å². The van der Waals surface area contributed by atoms with Gasteiger partial charge in [-0.3, -0.25) is 9.78 Å². The number of fused-ring (bicyclic) bond motifs is 1. The fraction of sp³-hybridized carbons (Fsp3) is 0.172. The molecular weight excluding hydrogens is 426 g/mol. The molecule has 172 valence electrons. The summed E-state index contributed by atoms with van der Waals surface area (Å²) >= 11 is 0. The highest BCUT2D eigenvalue weighted by molar-refractivity contribution is 6.16. The highest BCUT2D eigenvalue weighted by atomic mass is 16.5. The van der Waals surface area contributed by atoms with Crippen molar-refractivity contribution in [3.8, 4) is 28.4 Å². The molecule has 4 aromatic rings. The normalized spacial score (nSPS) is 11.1. The molecule has 1 aromatic heterocycles. The number of carbonyl (C=O) groups is 1. The van der Waals surface area contributed by atoms with Crippen LogP contribution in [0.4, 0.5) is 0 Å². The van der Waals surface area contributed by atoms with Crippen molar-refractivity contribution in [3.63, 3.8) is 0 Å². The zero-order valence-electron chi connectivity index (χ0n) is 20.0. The zero-order valence-corrected chi connectivity index (χ0v) is 20.0. The van der Waals surface area contributed by atoms with Crippen molar-refractivity contribution in [2.75, 3.05) is 21.3 Å². The second-order valence-electron chi connectivity index (χ2n) is 7.99. The number of hydrogen-bond acceptors (Lipinski definition) is 5. The number of methoxy groups -OCH3 is 3. The largest absolute Gasteiger partial charge is 0.493 e. The summed E-state index contributed by atoms with van der Waals surface area (Å²) in [7, 11) is 4.68. The Kier molecular flexibility index (Phi) is 6.64.